The minimum absolute atomic E-state index is 0.0277. The number of ketones is 1. The Morgan fingerprint density at radius 1 is 1.67 bits per heavy atom. The van der Waals surface area contributed by atoms with E-state index < -0.39 is 12.0 Å². The summed E-state index contributed by atoms with van der Waals surface area (Å²) in [6.45, 7) is 0. The number of nitrogens with one attached hydrogen (secondary N) is 1. The van der Waals surface area contributed by atoms with Crippen molar-refractivity contribution in [2.75, 3.05) is 5.32 Å². The van der Waals surface area contributed by atoms with Crippen LogP contribution in [0.2, 0.25) is 5.28 Å². The van der Waals surface area contributed by atoms with Gasteiger partial charge in [0.25, 0.3) is 0 Å². The number of fused-ring (bicyclic) bond motifs is 1. The highest BCUT2D eigenvalue weighted by molar-refractivity contribution is 6.28. The number of rotatable bonds is 1. The molecule has 15 heavy (non-hydrogen) atoms. The molecule has 0 bridgehead atoms. The summed E-state index contributed by atoms with van der Waals surface area (Å²) in [6.07, 6.45) is 1.19. The third-order valence-electron chi connectivity index (χ3n) is 2.06. The van der Waals surface area contributed by atoms with E-state index in [4.69, 9.17) is 16.7 Å². The molecule has 0 saturated heterocycles. The molecular weight excluding hydrogens is 222 g/mol. The molecule has 7 heteroatoms. The number of aliphatic carboxylic acids is 1. The lowest BCUT2D eigenvalue weighted by molar-refractivity contribution is -0.137. The van der Waals surface area contributed by atoms with Crippen LogP contribution in [0.5, 0.6) is 0 Å². The highest BCUT2D eigenvalue weighted by Gasteiger charge is 2.30. The van der Waals surface area contributed by atoms with Crippen molar-refractivity contribution < 1.29 is 14.7 Å². The molecule has 2 heterocycles. The van der Waals surface area contributed by atoms with Crippen LogP contribution in [0.1, 0.15) is 16.8 Å². The number of carbonyl (C=O) groups is 2. The Hall–Kier alpha value is -1.69. The molecule has 2 N–H and O–H groups in total. The van der Waals surface area contributed by atoms with Crippen LogP contribution in [0, 0.1) is 0 Å². The van der Waals surface area contributed by atoms with Crippen LogP contribution in [-0.2, 0) is 4.79 Å². The molecule has 0 fully saturated rings. The lowest BCUT2D eigenvalue weighted by Gasteiger charge is -2.21. The molecule has 0 radical (unpaired) electrons. The Balaban J connectivity index is 2.41. The number of anilines is 1. The number of hydrogen-bond donors (Lipinski definition) is 2. The SMILES string of the molecule is O=C1CC(C(=O)O)Nc2nc(Cl)ncc21. The van der Waals surface area contributed by atoms with Crippen LogP contribution in [0.4, 0.5) is 5.82 Å². The second-order valence-corrected chi connectivity index (χ2v) is 3.40. The van der Waals surface area contributed by atoms with E-state index in [0.29, 0.717) is 0 Å². The van der Waals surface area contributed by atoms with Gasteiger partial charge in [0, 0.05) is 12.6 Å². The molecule has 78 valence electrons. The van der Waals surface area contributed by atoms with E-state index in [1.54, 1.807) is 0 Å². The lowest BCUT2D eigenvalue weighted by Crippen LogP contribution is -2.36. The van der Waals surface area contributed by atoms with Crippen LogP contribution in [0.15, 0.2) is 6.20 Å². The molecule has 0 aromatic carbocycles. The molecule has 1 aromatic rings. The zero-order valence-corrected chi connectivity index (χ0v) is 8.15. The molecule has 0 amide bonds. The molecule has 0 saturated carbocycles. The number of halogens is 1. The average molecular weight is 228 g/mol. The summed E-state index contributed by atoms with van der Waals surface area (Å²) in [5, 5.41) is 11.3. The second-order valence-electron chi connectivity index (χ2n) is 3.06. The first-order valence-corrected chi connectivity index (χ1v) is 4.51. The van der Waals surface area contributed by atoms with Crippen molar-refractivity contribution in [1.82, 2.24) is 9.97 Å². The largest absolute Gasteiger partial charge is 0.480 e. The van der Waals surface area contributed by atoms with Gasteiger partial charge in [0.05, 0.1) is 5.56 Å². The van der Waals surface area contributed by atoms with E-state index in [1.165, 1.54) is 6.20 Å². The molecule has 2 rings (SSSR count). The quantitative estimate of drug-likeness (QED) is 0.682. The molecule has 1 aliphatic rings. The zero-order valence-electron chi connectivity index (χ0n) is 7.40. The average Bonchev–Trinajstić information content (AvgIpc) is 2.16. The van der Waals surface area contributed by atoms with E-state index in [0.717, 1.165) is 0 Å². The van der Waals surface area contributed by atoms with Gasteiger partial charge in [-0.15, -0.1) is 0 Å². The van der Waals surface area contributed by atoms with E-state index in [2.05, 4.69) is 15.3 Å². The normalized spacial score (nSPS) is 19.3. The number of carboxylic acid groups (broad SMARTS) is 1. The number of carbonyl (C=O) groups excluding carboxylic acids is 1. The van der Waals surface area contributed by atoms with Gasteiger partial charge in [0.2, 0.25) is 5.28 Å². The van der Waals surface area contributed by atoms with Crippen LogP contribution >= 0.6 is 11.6 Å². The lowest BCUT2D eigenvalue weighted by atomic mass is 10.0. The molecule has 6 nitrogen and oxygen atoms in total. The van der Waals surface area contributed by atoms with Crippen molar-refractivity contribution in [2.45, 2.75) is 12.5 Å². The van der Waals surface area contributed by atoms with Gasteiger partial charge in [-0.2, -0.15) is 0 Å². The highest BCUT2D eigenvalue weighted by atomic mass is 35.5. The number of hydrogen-bond acceptors (Lipinski definition) is 5. The van der Waals surface area contributed by atoms with Crippen molar-refractivity contribution in [2.24, 2.45) is 0 Å². The topological polar surface area (TPSA) is 92.2 Å². The van der Waals surface area contributed by atoms with Crippen molar-refractivity contribution in [3.8, 4) is 0 Å². The Morgan fingerprint density at radius 2 is 2.40 bits per heavy atom. The second kappa shape index (κ2) is 3.47. The molecular formula is C8H6ClN3O3. The summed E-state index contributed by atoms with van der Waals surface area (Å²) in [5.41, 5.74) is 0.275. The summed E-state index contributed by atoms with van der Waals surface area (Å²) in [4.78, 5) is 29.6. The fraction of sp³-hybridized carbons (Fsp3) is 0.250. The smallest absolute Gasteiger partial charge is 0.326 e. The first kappa shape index (κ1) is 9.85. The molecule has 0 spiro atoms. The van der Waals surface area contributed by atoms with E-state index in [1.807, 2.05) is 0 Å². The van der Waals surface area contributed by atoms with Gasteiger partial charge in [-0.1, -0.05) is 0 Å². The fourth-order valence-electron chi connectivity index (χ4n) is 1.33. The summed E-state index contributed by atoms with van der Waals surface area (Å²) in [7, 11) is 0. The summed E-state index contributed by atoms with van der Waals surface area (Å²) in [5.74, 6) is -1.21. The number of carboxylic acids is 1. The van der Waals surface area contributed by atoms with Gasteiger partial charge in [0.1, 0.15) is 11.9 Å². The summed E-state index contributed by atoms with van der Waals surface area (Å²) >= 11 is 5.53. The number of aromatic nitrogens is 2. The van der Waals surface area contributed by atoms with E-state index in [-0.39, 0.29) is 28.9 Å². The Labute approximate surface area is 89.3 Å². The predicted molar refractivity (Wildman–Crippen MR) is 51.0 cm³/mol. The van der Waals surface area contributed by atoms with Gasteiger partial charge in [-0.05, 0) is 11.6 Å². The Kier molecular flexibility index (Phi) is 2.28. The minimum atomic E-state index is -1.09. The van der Waals surface area contributed by atoms with Crippen LogP contribution in [0.3, 0.4) is 0 Å². The molecule has 1 atom stereocenters. The first-order valence-electron chi connectivity index (χ1n) is 4.13. The van der Waals surface area contributed by atoms with Crippen molar-refractivity contribution in [1.29, 1.82) is 0 Å². The molecule has 1 unspecified atom stereocenters. The summed E-state index contributed by atoms with van der Waals surface area (Å²) in [6, 6.07) is -0.948. The van der Waals surface area contributed by atoms with E-state index in [9.17, 15) is 9.59 Å². The Morgan fingerprint density at radius 3 is 3.07 bits per heavy atom. The van der Waals surface area contributed by atoms with Crippen molar-refractivity contribution in [3.63, 3.8) is 0 Å². The maximum absolute atomic E-state index is 11.5. The van der Waals surface area contributed by atoms with Crippen LogP contribution in [-0.4, -0.2) is 32.9 Å². The van der Waals surface area contributed by atoms with Gasteiger partial charge in [-0.3, -0.25) is 4.79 Å². The van der Waals surface area contributed by atoms with E-state index >= 15 is 0 Å². The highest BCUT2D eigenvalue weighted by Crippen LogP contribution is 2.23. The number of nitrogens with zero attached hydrogens (tertiary/aromatic N) is 2. The van der Waals surface area contributed by atoms with Gasteiger partial charge in [-0.25, -0.2) is 14.8 Å². The monoisotopic (exact) mass is 227 g/mol. The molecule has 1 aromatic heterocycles. The Bertz CT molecular complexity index is 449. The third kappa shape index (κ3) is 1.75. The maximum atomic E-state index is 11.5. The minimum Gasteiger partial charge on any atom is -0.480 e. The third-order valence-corrected chi connectivity index (χ3v) is 2.24. The van der Waals surface area contributed by atoms with Crippen molar-refractivity contribution in [3.05, 3.63) is 17.0 Å². The zero-order chi connectivity index (χ0) is 11.0. The van der Waals surface area contributed by atoms with Crippen LogP contribution < -0.4 is 5.32 Å². The fourth-order valence-corrected chi connectivity index (χ4v) is 1.47. The predicted octanol–water partition coefficient (Wildman–Crippen LogP) is 0.581. The molecule has 1 aliphatic heterocycles. The molecule has 0 aliphatic carbocycles. The summed E-state index contributed by atoms with van der Waals surface area (Å²) < 4.78 is 0. The standard InChI is InChI=1S/C8H6ClN3O3/c9-8-10-2-3-5(13)1-4(7(14)15)11-6(3)12-8/h2,4H,1H2,(H,14,15)(H,10,11,12). The van der Waals surface area contributed by atoms with Crippen molar-refractivity contribution >= 4 is 29.2 Å². The first-order chi connectivity index (χ1) is 7.08. The van der Waals surface area contributed by atoms with Crippen LogP contribution in [0.25, 0.3) is 0 Å². The maximum Gasteiger partial charge on any atom is 0.326 e. The van der Waals surface area contributed by atoms with Gasteiger partial charge < -0.3 is 10.4 Å². The number of Topliss-reactive ketones (excluding diaryl/α,β-unsaturated/α-hetero) is 1. The van der Waals surface area contributed by atoms with Gasteiger partial charge >= 0.3 is 5.97 Å². The van der Waals surface area contributed by atoms with Gasteiger partial charge in [0.15, 0.2) is 5.78 Å².